The van der Waals surface area contributed by atoms with Crippen molar-refractivity contribution in [3.05, 3.63) is 49.7 Å². The fourth-order valence-corrected chi connectivity index (χ4v) is 6.36. The Morgan fingerprint density at radius 3 is 2.47 bits per heavy atom. The summed E-state index contributed by atoms with van der Waals surface area (Å²) >= 11 is 1.12. The average molecular weight is 490 g/mol. The van der Waals surface area contributed by atoms with Crippen LogP contribution in [-0.2, 0) is 17.2 Å². The topological polar surface area (TPSA) is 82.8 Å². The van der Waals surface area contributed by atoms with Crippen molar-refractivity contribution in [3.63, 3.8) is 0 Å². The average Bonchev–Trinajstić information content (AvgIpc) is 3.04. The fourth-order valence-electron chi connectivity index (χ4n) is 5.50. The van der Waals surface area contributed by atoms with Gasteiger partial charge in [-0.05, 0) is 51.2 Å². The molecular weight excluding hydrogens is 467 g/mol. The van der Waals surface area contributed by atoms with Crippen LogP contribution >= 0.6 is 11.3 Å². The lowest BCUT2D eigenvalue weighted by Crippen LogP contribution is -2.70. The van der Waals surface area contributed by atoms with E-state index in [1.807, 2.05) is 19.9 Å². The standard InChI is InChI=1S/C23H22F3N5O2S/c1-11-12(2)28-19-16(27-11)17(21-8-22(9-21,10-21)23(24,25)26)29-18(30-19)13-4-5-33-14(6-13)15-7-31(3)20(32)34-15/h6-7,14H,4-5,8-10H2,1-3H3. The highest BCUT2D eigenvalue weighted by molar-refractivity contribution is 7.09. The Kier molecular flexibility index (Phi) is 4.46. The Morgan fingerprint density at radius 2 is 1.82 bits per heavy atom. The maximum atomic E-state index is 13.5. The van der Waals surface area contributed by atoms with Gasteiger partial charge in [0.05, 0.1) is 34.0 Å². The minimum Gasteiger partial charge on any atom is -0.368 e. The molecule has 11 heteroatoms. The zero-order valence-electron chi connectivity index (χ0n) is 18.9. The van der Waals surface area contributed by atoms with E-state index in [0.717, 1.165) is 27.5 Å². The van der Waals surface area contributed by atoms with Crippen molar-refractivity contribution in [2.45, 2.75) is 57.2 Å². The monoisotopic (exact) mass is 489 g/mol. The number of alkyl halides is 3. The summed E-state index contributed by atoms with van der Waals surface area (Å²) in [5.41, 5.74) is 1.52. The van der Waals surface area contributed by atoms with E-state index in [1.165, 1.54) is 4.57 Å². The van der Waals surface area contributed by atoms with Crippen LogP contribution in [0.15, 0.2) is 17.1 Å². The zero-order valence-corrected chi connectivity index (χ0v) is 19.7. The minimum absolute atomic E-state index is 0.0341. The molecule has 3 saturated carbocycles. The molecule has 0 amide bonds. The number of thiazole rings is 1. The van der Waals surface area contributed by atoms with Crippen molar-refractivity contribution in [3.8, 4) is 0 Å². The van der Waals surface area contributed by atoms with E-state index in [0.29, 0.717) is 41.4 Å². The third kappa shape index (κ3) is 3.02. The number of halogens is 3. The van der Waals surface area contributed by atoms with E-state index in [1.54, 1.807) is 13.2 Å². The Bertz CT molecular complexity index is 1420. The van der Waals surface area contributed by atoms with Gasteiger partial charge in [0.1, 0.15) is 11.6 Å². The van der Waals surface area contributed by atoms with Crippen molar-refractivity contribution in [1.29, 1.82) is 0 Å². The second-order valence-corrected chi connectivity index (χ2v) is 10.8. The molecule has 0 aromatic carbocycles. The first-order valence-corrected chi connectivity index (χ1v) is 11.9. The van der Waals surface area contributed by atoms with E-state index in [4.69, 9.17) is 9.72 Å². The van der Waals surface area contributed by atoms with Crippen LogP contribution in [0.5, 0.6) is 0 Å². The number of hydrogen-bond acceptors (Lipinski definition) is 7. The molecule has 7 rings (SSSR count). The molecular formula is C23H22F3N5O2S. The van der Waals surface area contributed by atoms with Crippen molar-refractivity contribution in [1.82, 2.24) is 24.5 Å². The van der Waals surface area contributed by atoms with E-state index in [9.17, 15) is 18.0 Å². The second-order valence-electron chi connectivity index (χ2n) is 9.79. The van der Waals surface area contributed by atoms with Crippen molar-refractivity contribution in [2.75, 3.05) is 6.61 Å². The van der Waals surface area contributed by atoms with Crippen LogP contribution in [0.2, 0.25) is 0 Å². The molecule has 34 heavy (non-hydrogen) atoms. The molecule has 0 spiro atoms. The smallest absolute Gasteiger partial charge is 0.368 e. The van der Waals surface area contributed by atoms with E-state index in [2.05, 4.69) is 15.0 Å². The first-order chi connectivity index (χ1) is 16.0. The summed E-state index contributed by atoms with van der Waals surface area (Å²) in [4.78, 5) is 31.4. The lowest BCUT2D eigenvalue weighted by molar-refractivity contribution is -0.337. The largest absolute Gasteiger partial charge is 0.394 e. The summed E-state index contributed by atoms with van der Waals surface area (Å²) in [6.07, 6.45) is -0.300. The highest BCUT2D eigenvalue weighted by Crippen LogP contribution is 2.78. The Morgan fingerprint density at radius 1 is 1.12 bits per heavy atom. The molecule has 4 heterocycles. The second kappa shape index (κ2) is 6.94. The third-order valence-corrected chi connectivity index (χ3v) is 8.52. The maximum Gasteiger partial charge on any atom is 0.394 e. The lowest BCUT2D eigenvalue weighted by Gasteiger charge is -2.70. The predicted octanol–water partition coefficient (Wildman–Crippen LogP) is 4.33. The first kappa shape index (κ1) is 21.8. The van der Waals surface area contributed by atoms with Crippen LogP contribution in [0.3, 0.4) is 0 Å². The van der Waals surface area contributed by atoms with Gasteiger partial charge in [-0.2, -0.15) is 13.2 Å². The normalized spacial score (nSPS) is 28.4. The molecule has 1 unspecified atom stereocenters. The van der Waals surface area contributed by atoms with Gasteiger partial charge in [-0.15, -0.1) is 0 Å². The Labute approximate surface area is 196 Å². The first-order valence-electron chi connectivity index (χ1n) is 11.1. The van der Waals surface area contributed by atoms with Crippen molar-refractivity contribution < 1.29 is 17.9 Å². The molecule has 1 aliphatic heterocycles. The van der Waals surface area contributed by atoms with Gasteiger partial charge in [0.2, 0.25) is 0 Å². The Hall–Kier alpha value is -2.66. The molecule has 178 valence electrons. The van der Waals surface area contributed by atoms with Crippen LogP contribution in [0, 0.1) is 19.3 Å². The molecule has 2 bridgehead atoms. The van der Waals surface area contributed by atoms with Gasteiger partial charge in [-0.3, -0.25) is 4.79 Å². The number of fused-ring (bicyclic) bond motifs is 1. The number of ether oxygens (including phenoxy) is 1. The molecule has 0 radical (unpaired) electrons. The number of hydrogen-bond donors (Lipinski definition) is 0. The molecule has 3 aliphatic carbocycles. The fraction of sp³-hybridized carbons (Fsp3) is 0.522. The van der Waals surface area contributed by atoms with Crippen molar-refractivity contribution >= 4 is 28.1 Å². The zero-order chi connectivity index (χ0) is 24.0. The highest BCUT2D eigenvalue weighted by atomic mass is 32.1. The molecule has 3 fully saturated rings. The van der Waals surface area contributed by atoms with E-state index >= 15 is 0 Å². The third-order valence-electron chi connectivity index (χ3n) is 7.48. The maximum absolute atomic E-state index is 13.5. The van der Waals surface area contributed by atoms with Crippen LogP contribution in [0.25, 0.3) is 16.7 Å². The number of aryl methyl sites for hydroxylation is 3. The summed E-state index contributed by atoms with van der Waals surface area (Å²) in [6.45, 7) is 4.09. The highest BCUT2D eigenvalue weighted by Gasteiger charge is 2.79. The summed E-state index contributed by atoms with van der Waals surface area (Å²) in [6, 6.07) is 0. The molecule has 1 atom stereocenters. The van der Waals surface area contributed by atoms with Gasteiger partial charge in [0.15, 0.2) is 11.5 Å². The molecule has 7 nitrogen and oxygen atoms in total. The van der Waals surface area contributed by atoms with Crippen LogP contribution in [-0.4, -0.2) is 37.3 Å². The van der Waals surface area contributed by atoms with Gasteiger partial charge < -0.3 is 9.30 Å². The van der Waals surface area contributed by atoms with Crippen LogP contribution < -0.4 is 4.87 Å². The number of rotatable bonds is 3. The lowest BCUT2D eigenvalue weighted by atomic mass is 9.34. The van der Waals surface area contributed by atoms with Gasteiger partial charge in [-0.1, -0.05) is 11.3 Å². The molecule has 0 N–H and O–H groups in total. The molecule has 0 saturated heterocycles. The summed E-state index contributed by atoms with van der Waals surface area (Å²) in [5, 5.41) is 0. The van der Waals surface area contributed by atoms with Gasteiger partial charge in [0.25, 0.3) is 0 Å². The molecule has 3 aromatic heterocycles. The summed E-state index contributed by atoms with van der Waals surface area (Å²) in [7, 11) is 1.69. The minimum atomic E-state index is -4.20. The number of aromatic nitrogens is 5. The van der Waals surface area contributed by atoms with Gasteiger partial charge in [0, 0.05) is 18.7 Å². The van der Waals surface area contributed by atoms with Gasteiger partial charge in [-0.25, -0.2) is 19.9 Å². The van der Waals surface area contributed by atoms with Gasteiger partial charge >= 0.3 is 11.0 Å². The van der Waals surface area contributed by atoms with E-state index in [-0.39, 0.29) is 24.1 Å². The quantitative estimate of drug-likeness (QED) is 0.545. The number of nitrogens with zero attached hydrogens (tertiary/aromatic N) is 5. The van der Waals surface area contributed by atoms with Crippen molar-refractivity contribution in [2.24, 2.45) is 12.5 Å². The Balaban J connectivity index is 1.45. The van der Waals surface area contributed by atoms with Crippen LogP contribution in [0.1, 0.15) is 59.6 Å². The predicted molar refractivity (Wildman–Crippen MR) is 119 cm³/mol. The summed E-state index contributed by atoms with van der Waals surface area (Å²) in [5.74, 6) is 0.447. The molecule has 4 aliphatic rings. The SMILES string of the molecule is Cc1nc2nc(C3=CC(c4cn(C)c(=O)s4)OCC3)nc(C34CC(C(F)(F)F)(C3)C4)c2nc1C. The van der Waals surface area contributed by atoms with Crippen LogP contribution in [0.4, 0.5) is 13.2 Å². The summed E-state index contributed by atoms with van der Waals surface area (Å²) < 4.78 is 48.0. The molecule has 3 aromatic rings. The van der Waals surface area contributed by atoms with E-state index < -0.39 is 23.1 Å².